The maximum absolute atomic E-state index is 3.47. The van der Waals surface area contributed by atoms with Gasteiger partial charge in [0.25, 0.3) is 0 Å². The van der Waals surface area contributed by atoms with Gasteiger partial charge in [0, 0.05) is 18.8 Å². The lowest BCUT2D eigenvalue weighted by atomic mass is 10.1. The Bertz CT molecular complexity index is 188. The molecule has 2 heterocycles. The van der Waals surface area contributed by atoms with E-state index in [-0.39, 0.29) is 0 Å². The lowest BCUT2D eigenvalue weighted by Gasteiger charge is -2.14. The van der Waals surface area contributed by atoms with E-state index in [1.807, 2.05) is 0 Å². The summed E-state index contributed by atoms with van der Waals surface area (Å²) < 4.78 is 0. The van der Waals surface area contributed by atoms with Crippen molar-refractivity contribution in [2.24, 2.45) is 0 Å². The molecule has 0 spiro atoms. The predicted molar refractivity (Wildman–Crippen MR) is 46.3 cm³/mol. The molecule has 11 heavy (non-hydrogen) atoms. The van der Waals surface area contributed by atoms with Crippen LogP contribution < -0.4 is 10.6 Å². The Labute approximate surface area is 67.4 Å². The van der Waals surface area contributed by atoms with Gasteiger partial charge in [-0.15, -0.1) is 0 Å². The fraction of sp³-hybridized carbons (Fsp3) is 0.556. The molecule has 0 aliphatic carbocycles. The molecule has 0 aromatic carbocycles. The second kappa shape index (κ2) is 3.09. The summed E-state index contributed by atoms with van der Waals surface area (Å²) >= 11 is 0. The van der Waals surface area contributed by atoms with Gasteiger partial charge in [-0.3, -0.25) is 0 Å². The van der Waals surface area contributed by atoms with Crippen LogP contribution in [0.4, 0.5) is 0 Å². The zero-order valence-corrected chi connectivity index (χ0v) is 6.64. The summed E-state index contributed by atoms with van der Waals surface area (Å²) in [5.74, 6) is 0. The summed E-state index contributed by atoms with van der Waals surface area (Å²) in [6.07, 6.45) is 9.13. The Morgan fingerprint density at radius 3 is 3.09 bits per heavy atom. The van der Waals surface area contributed by atoms with Crippen molar-refractivity contribution in [1.82, 2.24) is 10.6 Å². The number of hydrogen-bond donors (Lipinski definition) is 2. The molecule has 0 aromatic heterocycles. The van der Waals surface area contributed by atoms with E-state index in [1.54, 1.807) is 0 Å². The summed E-state index contributed by atoms with van der Waals surface area (Å²) in [5.41, 5.74) is 1.41. The standard InChI is InChI=1S/C9H14N2/c1-3-8(7-10-5-1)9-4-2-6-11-9/h1,3,7,9-11H,2,4-6H2/t9-/m0/s1. The van der Waals surface area contributed by atoms with E-state index in [0.29, 0.717) is 6.04 Å². The third-order valence-electron chi connectivity index (χ3n) is 2.28. The number of nitrogens with one attached hydrogen (secondary N) is 2. The van der Waals surface area contributed by atoms with E-state index in [4.69, 9.17) is 0 Å². The first-order valence-electron chi connectivity index (χ1n) is 4.30. The molecule has 2 heteroatoms. The van der Waals surface area contributed by atoms with Crippen LogP contribution in [-0.4, -0.2) is 19.1 Å². The highest BCUT2D eigenvalue weighted by molar-refractivity contribution is 5.27. The fourth-order valence-electron chi connectivity index (χ4n) is 1.67. The molecule has 1 fully saturated rings. The third kappa shape index (κ3) is 1.46. The molecule has 0 saturated carbocycles. The van der Waals surface area contributed by atoms with Gasteiger partial charge in [-0.1, -0.05) is 12.2 Å². The molecule has 2 aliphatic rings. The average molecular weight is 150 g/mol. The van der Waals surface area contributed by atoms with Gasteiger partial charge in [-0.2, -0.15) is 0 Å². The van der Waals surface area contributed by atoms with Gasteiger partial charge in [0.05, 0.1) is 0 Å². The second-order valence-electron chi connectivity index (χ2n) is 3.10. The Morgan fingerprint density at radius 1 is 1.45 bits per heavy atom. The Balaban J connectivity index is 2.02. The largest absolute Gasteiger partial charge is 0.387 e. The smallest absolute Gasteiger partial charge is 0.0334 e. The van der Waals surface area contributed by atoms with Gasteiger partial charge >= 0.3 is 0 Å². The van der Waals surface area contributed by atoms with Crippen LogP contribution in [0.15, 0.2) is 23.9 Å². The van der Waals surface area contributed by atoms with Crippen LogP contribution >= 0.6 is 0 Å². The van der Waals surface area contributed by atoms with Crippen LogP contribution in [0.5, 0.6) is 0 Å². The monoisotopic (exact) mass is 150 g/mol. The molecule has 60 valence electrons. The zero-order valence-electron chi connectivity index (χ0n) is 6.64. The van der Waals surface area contributed by atoms with Gasteiger partial charge < -0.3 is 10.6 Å². The van der Waals surface area contributed by atoms with Crippen molar-refractivity contribution in [2.75, 3.05) is 13.1 Å². The first-order chi connectivity index (χ1) is 5.47. The van der Waals surface area contributed by atoms with E-state index in [9.17, 15) is 0 Å². The first kappa shape index (κ1) is 6.92. The molecular weight excluding hydrogens is 136 g/mol. The number of rotatable bonds is 1. The topological polar surface area (TPSA) is 24.1 Å². The van der Waals surface area contributed by atoms with Crippen molar-refractivity contribution in [2.45, 2.75) is 18.9 Å². The van der Waals surface area contributed by atoms with Crippen LogP contribution in [0.25, 0.3) is 0 Å². The predicted octanol–water partition coefficient (Wildman–Crippen LogP) is 0.782. The van der Waals surface area contributed by atoms with Crippen molar-refractivity contribution < 1.29 is 0 Å². The van der Waals surface area contributed by atoms with Crippen LogP contribution in [0.2, 0.25) is 0 Å². The van der Waals surface area contributed by atoms with Crippen molar-refractivity contribution in [3.8, 4) is 0 Å². The molecule has 1 saturated heterocycles. The highest BCUT2D eigenvalue weighted by atomic mass is 14.9. The molecule has 0 unspecified atom stereocenters. The lowest BCUT2D eigenvalue weighted by Crippen LogP contribution is -2.25. The SMILES string of the molecule is C1=CC([C@@H]2CCCN2)=CNC1. The third-order valence-corrected chi connectivity index (χ3v) is 2.28. The minimum Gasteiger partial charge on any atom is -0.387 e. The van der Waals surface area contributed by atoms with Crippen molar-refractivity contribution in [3.63, 3.8) is 0 Å². The molecule has 2 N–H and O–H groups in total. The summed E-state index contributed by atoms with van der Waals surface area (Å²) in [7, 11) is 0. The van der Waals surface area contributed by atoms with E-state index in [1.165, 1.54) is 25.0 Å². The molecule has 0 aromatic rings. The summed E-state index contributed by atoms with van der Waals surface area (Å²) in [4.78, 5) is 0. The van der Waals surface area contributed by atoms with Crippen LogP contribution in [0, 0.1) is 0 Å². The molecule has 2 nitrogen and oxygen atoms in total. The fourth-order valence-corrected chi connectivity index (χ4v) is 1.67. The average Bonchev–Trinajstić information content (AvgIpc) is 2.58. The molecule has 1 atom stereocenters. The van der Waals surface area contributed by atoms with E-state index in [2.05, 4.69) is 29.0 Å². The minimum absolute atomic E-state index is 0.610. The van der Waals surface area contributed by atoms with Gasteiger partial charge in [0.2, 0.25) is 0 Å². The lowest BCUT2D eigenvalue weighted by molar-refractivity contribution is 0.691. The maximum Gasteiger partial charge on any atom is 0.0334 e. The molecule has 2 rings (SSSR count). The molecular formula is C9H14N2. The molecule has 0 amide bonds. The van der Waals surface area contributed by atoms with Gasteiger partial charge in [0.1, 0.15) is 0 Å². The van der Waals surface area contributed by atoms with Crippen molar-refractivity contribution >= 4 is 0 Å². The summed E-state index contributed by atoms with van der Waals surface area (Å²) in [5, 5.41) is 6.69. The van der Waals surface area contributed by atoms with Crippen molar-refractivity contribution in [1.29, 1.82) is 0 Å². The number of hydrogen-bond acceptors (Lipinski definition) is 2. The maximum atomic E-state index is 3.47. The van der Waals surface area contributed by atoms with Gasteiger partial charge in [-0.05, 0) is 25.0 Å². The summed E-state index contributed by atoms with van der Waals surface area (Å²) in [6, 6.07) is 0.610. The Hall–Kier alpha value is -0.760. The molecule has 0 radical (unpaired) electrons. The highest BCUT2D eigenvalue weighted by Crippen LogP contribution is 2.15. The van der Waals surface area contributed by atoms with Crippen molar-refractivity contribution in [3.05, 3.63) is 23.9 Å². The Kier molecular flexibility index (Phi) is 1.95. The quantitative estimate of drug-likeness (QED) is 0.577. The Morgan fingerprint density at radius 2 is 2.45 bits per heavy atom. The van der Waals surface area contributed by atoms with Gasteiger partial charge in [0.15, 0.2) is 0 Å². The van der Waals surface area contributed by atoms with Gasteiger partial charge in [-0.25, -0.2) is 0 Å². The van der Waals surface area contributed by atoms with Crippen LogP contribution in [0.3, 0.4) is 0 Å². The number of dihydropyridines is 1. The van der Waals surface area contributed by atoms with Crippen LogP contribution in [-0.2, 0) is 0 Å². The summed E-state index contributed by atoms with van der Waals surface area (Å²) in [6.45, 7) is 2.16. The van der Waals surface area contributed by atoms with E-state index < -0.39 is 0 Å². The second-order valence-corrected chi connectivity index (χ2v) is 3.10. The van der Waals surface area contributed by atoms with E-state index in [0.717, 1.165) is 6.54 Å². The minimum atomic E-state index is 0.610. The molecule has 0 bridgehead atoms. The molecule has 2 aliphatic heterocycles. The zero-order chi connectivity index (χ0) is 7.52. The van der Waals surface area contributed by atoms with Crippen LogP contribution in [0.1, 0.15) is 12.8 Å². The highest BCUT2D eigenvalue weighted by Gasteiger charge is 2.16. The van der Waals surface area contributed by atoms with E-state index >= 15 is 0 Å². The first-order valence-corrected chi connectivity index (χ1v) is 4.30. The normalized spacial score (nSPS) is 29.8.